The molecule has 0 saturated heterocycles. The minimum absolute atomic E-state index is 0.0513. The molecule has 0 amide bonds. The number of aromatic nitrogens is 1. The summed E-state index contributed by atoms with van der Waals surface area (Å²) in [6, 6.07) is 2.64. The van der Waals surface area contributed by atoms with Gasteiger partial charge in [-0.05, 0) is 19.1 Å². The lowest BCUT2D eigenvalue weighted by atomic mass is 10.3. The van der Waals surface area contributed by atoms with Crippen molar-refractivity contribution in [1.29, 1.82) is 0 Å². The van der Waals surface area contributed by atoms with E-state index in [-0.39, 0.29) is 18.0 Å². The largest absolute Gasteiger partial charge is 0.462 e. The molecular formula is C10H11F3N2O2. The zero-order chi connectivity index (χ0) is 12.9. The third kappa shape index (κ3) is 4.71. The van der Waals surface area contributed by atoms with Crippen LogP contribution >= 0.6 is 0 Å². The Hall–Kier alpha value is -1.79. The highest BCUT2D eigenvalue weighted by atomic mass is 19.4. The lowest BCUT2D eigenvalue weighted by Crippen LogP contribution is -2.21. The molecule has 0 unspecified atom stereocenters. The molecule has 1 N–H and O–H groups in total. The van der Waals surface area contributed by atoms with Crippen molar-refractivity contribution in [3.8, 4) is 0 Å². The van der Waals surface area contributed by atoms with E-state index in [9.17, 15) is 18.0 Å². The van der Waals surface area contributed by atoms with Crippen molar-refractivity contribution in [2.45, 2.75) is 13.1 Å². The van der Waals surface area contributed by atoms with E-state index < -0.39 is 18.7 Å². The van der Waals surface area contributed by atoms with Gasteiger partial charge >= 0.3 is 12.1 Å². The zero-order valence-electron chi connectivity index (χ0n) is 9.04. The minimum Gasteiger partial charge on any atom is -0.462 e. The number of rotatable bonds is 4. The molecule has 17 heavy (non-hydrogen) atoms. The number of nitrogens with one attached hydrogen (secondary N) is 1. The molecule has 0 aliphatic heterocycles. The number of esters is 1. The molecule has 0 fully saturated rings. The second-order valence-electron chi connectivity index (χ2n) is 3.12. The van der Waals surface area contributed by atoms with E-state index in [1.165, 1.54) is 12.1 Å². The maximum Gasteiger partial charge on any atom is 0.405 e. The Kier molecular flexibility index (Phi) is 4.30. The molecule has 4 nitrogen and oxygen atoms in total. The van der Waals surface area contributed by atoms with E-state index in [4.69, 9.17) is 4.74 Å². The first kappa shape index (κ1) is 13.3. The van der Waals surface area contributed by atoms with Crippen LogP contribution in [-0.4, -0.2) is 30.3 Å². The van der Waals surface area contributed by atoms with Crippen LogP contribution in [0.3, 0.4) is 0 Å². The van der Waals surface area contributed by atoms with Crippen LogP contribution in [0.15, 0.2) is 18.3 Å². The van der Waals surface area contributed by atoms with Crippen LogP contribution in [-0.2, 0) is 4.74 Å². The number of hydrogen-bond donors (Lipinski definition) is 1. The molecule has 0 aliphatic carbocycles. The number of pyridine rings is 1. The van der Waals surface area contributed by atoms with Gasteiger partial charge in [0.1, 0.15) is 12.4 Å². The average molecular weight is 248 g/mol. The number of alkyl halides is 3. The Morgan fingerprint density at radius 1 is 1.47 bits per heavy atom. The standard InChI is InChI=1S/C10H11F3N2O2/c1-2-17-9(16)7-3-4-8(14-5-7)15-6-10(11,12)13/h3-5H,2,6H2,1H3,(H,14,15). The molecule has 0 atom stereocenters. The molecule has 0 aliphatic rings. The maximum atomic E-state index is 11.9. The van der Waals surface area contributed by atoms with E-state index >= 15 is 0 Å². The first-order valence-electron chi connectivity index (χ1n) is 4.86. The monoisotopic (exact) mass is 248 g/mol. The van der Waals surface area contributed by atoms with Gasteiger partial charge in [-0.3, -0.25) is 0 Å². The third-order valence-electron chi connectivity index (χ3n) is 1.74. The van der Waals surface area contributed by atoms with Crippen LogP contribution in [0.4, 0.5) is 19.0 Å². The fraction of sp³-hybridized carbons (Fsp3) is 0.400. The molecule has 7 heteroatoms. The number of carbonyl (C=O) groups excluding carboxylic acids is 1. The van der Waals surface area contributed by atoms with Crippen LogP contribution in [0.5, 0.6) is 0 Å². The van der Waals surface area contributed by atoms with Crippen molar-refractivity contribution in [2.24, 2.45) is 0 Å². The number of nitrogens with zero attached hydrogens (tertiary/aromatic N) is 1. The summed E-state index contributed by atoms with van der Waals surface area (Å²) in [5.41, 5.74) is 0.199. The Bertz CT molecular complexity index is 376. The second kappa shape index (κ2) is 5.51. The SMILES string of the molecule is CCOC(=O)c1ccc(NCC(F)(F)F)nc1. The molecule has 0 bridgehead atoms. The van der Waals surface area contributed by atoms with Gasteiger partial charge in [0.05, 0.1) is 12.2 Å². The molecule has 1 rings (SSSR count). The quantitative estimate of drug-likeness (QED) is 0.830. The summed E-state index contributed by atoms with van der Waals surface area (Å²) >= 11 is 0. The van der Waals surface area contributed by atoms with E-state index in [1.807, 2.05) is 0 Å². The van der Waals surface area contributed by atoms with Crippen molar-refractivity contribution >= 4 is 11.8 Å². The highest BCUT2D eigenvalue weighted by Crippen LogP contribution is 2.15. The van der Waals surface area contributed by atoms with Crippen LogP contribution < -0.4 is 5.32 Å². The Morgan fingerprint density at radius 2 is 2.18 bits per heavy atom. The van der Waals surface area contributed by atoms with E-state index in [0.717, 1.165) is 6.20 Å². The Balaban J connectivity index is 2.59. The van der Waals surface area contributed by atoms with E-state index in [1.54, 1.807) is 6.92 Å². The molecule has 0 aromatic carbocycles. The summed E-state index contributed by atoms with van der Waals surface area (Å²) in [7, 11) is 0. The predicted molar refractivity (Wildman–Crippen MR) is 54.7 cm³/mol. The maximum absolute atomic E-state index is 11.9. The van der Waals surface area contributed by atoms with Gasteiger partial charge in [-0.25, -0.2) is 9.78 Å². The first-order valence-corrected chi connectivity index (χ1v) is 4.86. The Labute approximate surface area is 95.8 Å². The van der Waals surface area contributed by atoms with Crippen LogP contribution in [0, 0.1) is 0 Å². The molecule has 1 aromatic heterocycles. The van der Waals surface area contributed by atoms with E-state index in [2.05, 4.69) is 10.3 Å². The van der Waals surface area contributed by atoms with Gasteiger partial charge in [0, 0.05) is 6.20 Å². The molecule has 1 aromatic rings. The smallest absolute Gasteiger partial charge is 0.405 e. The van der Waals surface area contributed by atoms with Gasteiger partial charge in [0.15, 0.2) is 0 Å². The Morgan fingerprint density at radius 3 is 2.65 bits per heavy atom. The summed E-state index contributed by atoms with van der Waals surface area (Å²) < 4.78 is 40.4. The van der Waals surface area contributed by atoms with Crippen LogP contribution in [0.1, 0.15) is 17.3 Å². The summed E-state index contributed by atoms with van der Waals surface area (Å²) in [5, 5.41) is 2.09. The van der Waals surface area contributed by atoms with Crippen molar-refractivity contribution in [1.82, 2.24) is 4.98 Å². The second-order valence-corrected chi connectivity index (χ2v) is 3.12. The van der Waals surface area contributed by atoms with Gasteiger partial charge in [-0.1, -0.05) is 0 Å². The van der Waals surface area contributed by atoms with Gasteiger partial charge in [-0.2, -0.15) is 13.2 Å². The number of ether oxygens (including phenoxy) is 1. The van der Waals surface area contributed by atoms with Crippen molar-refractivity contribution < 1.29 is 22.7 Å². The zero-order valence-corrected chi connectivity index (χ0v) is 9.04. The summed E-state index contributed by atoms with van der Waals surface area (Å²) in [6.07, 6.45) is -3.14. The number of hydrogen-bond acceptors (Lipinski definition) is 4. The highest BCUT2D eigenvalue weighted by molar-refractivity contribution is 5.89. The average Bonchev–Trinajstić information content (AvgIpc) is 2.26. The normalized spacial score (nSPS) is 11.1. The lowest BCUT2D eigenvalue weighted by molar-refractivity contribution is -0.115. The van der Waals surface area contributed by atoms with Crippen molar-refractivity contribution in [3.05, 3.63) is 23.9 Å². The number of halogens is 3. The van der Waals surface area contributed by atoms with E-state index in [0.29, 0.717) is 0 Å². The summed E-state index contributed by atoms with van der Waals surface area (Å²) in [6.45, 7) is 0.718. The summed E-state index contributed by atoms with van der Waals surface area (Å²) in [5.74, 6) is -0.502. The molecular weight excluding hydrogens is 237 g/mol. The lowest BCUT2D eigenvalue weighted by Gasteiger charge is -2.08. The van der Waals surface area contributed by atoms with Gasteiger partial charge in [-0.15, -0.1) is 0 Å². The summed E-state index contributed by atoms with van der Waals surface area (Å²) in [4.78, 5) is 14.9. The number of carbonyl (C=O) groups is 1. The van der Waals surface area contributed by atoms with Gasteiger partial charge in [0.2, 0.25) is 0 Å². The van der Waals surface area contributed by atoms with Gasteiger partial charge in [0.25, 0.3) is 0 Å². The third-order valence-corrected chi connectivity index (χ3v) is 1.74. The van der Waals surface area contributed by atoms with Gasteiger partial charge < -0.3 is 10.1 Å². The molecule has 1 heterocycles. The molecule has 0 radical (unpaired) electrons. The minimum atomic E-state index is -4.30. The molecule has 0 saturated carbocycles. The van der Waals surface area contributed by atoms with Crippen LogP contribution in [0.25, 0.3) is 0 Å². The predicted octanol–water partition coefficient (Wildman–Crippen LogP) is 2.23. The number of anilines is 1. The topological polar surface area (TPSA) is 51.2 Å². The molecule has 94 valence electrons. The first-order chi connectivity index (χ1) is 7.92. The van der Waals surface area contributed by atoms with Crippen molar-refractivity contribution in [2.75, 3.05) is 18.5 Å². The fourth-order valence-electron chi connectivity index (χ4n) is 1.02. The van der Waals surface area contributed by atoms with Crippen LogP contribution in [0.2, 0.25) is 0 Å². The fourth-order valence-corrected chi connectivity index (χ4v) is 1.02. The van der Waals surface area contributed by atoms with Crippen molar-refractivity contribution in [3.63, 3.8) is 0 Å². The highest BCUT2D eigenvalue weighted by Gasteiger charge is 2.26. The molecule has 0 spiro atoms.